The van der Waals surface area contributed by atoms with Crippen molar-refractivity contribution in [2.45, 2.75) is 6.61 Å². The quantitative estimate of drug-likeness (QED) is 0.557. The molecule has 1 heterocycles. The Bertz CT molecular complexity index is 550. The summed E-state index contributed by atoms with van der Waals surface area (Å²) in [5, 5.41) is 9.27. The number of aromatic nitrogens is 2. The number of phenolic OH excluding ortho intramolecular Hbond substituents is 1. The minimum atomic E-state index is -0.665. The van der Waals surface area contributed by atoms with Crippen LogP contribution in [0.5, 0.6) is 11.8 Å². The number of hydrogen-bond acceptors (Lipinski definition) is 6. The molecule has 0 spiro atoms. The lowest BCUT2D eigenvalue weighted by Gasteiger charge is -2.06. The van der Waals surface area contributed by atoms with Crippen LogP contribution in [0.2, 0.25) is 0 Å². The third-order valence-corrected chi connectivity index (χ3v) is 2.14. The third-order valence-electron chi connectivity index (χ3n) is 2.14. The van der Waals surface area contributed by atoms with Crippen LogP contribution in [0.3, 0.4) is 0 Å². The first-order valence-corrected chi connectivity index (χ1v) is 5.09. The summed E-state index contributed by atoms with van der Waals surface area (Å²) in [4.78, 5) is 7.38. The zero-order valence-electron chi connectivity index (χ0n) is 9.30. The van der Waals surface area contributed by atoms with E-state index < -0.39 is 5.82 Å². The Morgan fingerprint density at radius 1 is 1.44 bits per heavy atom. The van der Waals surface area contributed by atoms with Crippen molar-refractivity contribution in [2.24, 2.45) is 5.84 Å². The number of hydrazine groups is 1. The molecule has 0 aliphatic carbocycles. The number of nitrogens with zero attached hydrogens (tertiary/aromatic N) is 2. The lowest BCUT2D eigenvalue weighted by Crippen LogP contribution is -2.12. The fraction of sp³-hybridized carbons (Fsp3) is 0.0909. The van der Waals surface area contributed by atoms with E-state index in [0.717, 1.165) is 11.8 Å². The van der Waals surface area contributed by atoms with Gasteiger partial charge in [-0.25, -0.2) is 15.2 Å². The van der Waals surface area contributed by atoms with Crippen molar-refractivity contribution in [1.29, 1.82) is 0 Å². The summed E-state index contributed by atoms with van der Waals surface area (Å²) >= 11 is 0. The molecule has 18 heavy (non-hydrogen) atoms. The van der Waals surface area contributed by atoms with Gasteiger partial charge in [-0.05, 0) is 17.7 Å². The molecule has 1 aromatic carbocycles. The molecule has 2 rings (SSSR count). The van der Waals surface area contributed by atoms with E-state index in [1.807, 2.05) is 0 Å². The molecule has 0 saturated heterocycles. The molecule has 0 aliphatic heterocycles. The molecule has 2 aromatic rings. The standard InChI is InChI=1S/C11H11FN4O2/c12-9-5-14-11(15-10(9)16-13)18-6-7-2-1-3-8(17)4-7/h1-5,17H,6,13H2,(H,14,15,16). The van der Waals surface area contributed by atoms with Crippen molar-refractivity contribution in [3.8, 4) is 11.8 Å². The van der Waals surface area contributed by atoms with Gasteiger partial charge < -0.3 is 15.3 Å². The highest BCUT2D eigenvalue weighted by atomic mass is 19.1. The Kier molecular flexibility index (Phi) is 3.54. The zero-order valence-corrected chi connectivity index (χ0v) is 9.30. The van der Waals surface area contributed by atoms with Gasteiger partial charge in [-0.2, -0.15) is 4.98 Å². The first-order chi connectivity index (χ1) is 8.69. The normalized spacial score (nSPS) is 10.1. The van der Waals surface area contributed by atoms with Gasteiger partial charge in [0.15, 0.2) is 11.6 Å². The molecule has 94 valence electrons. The van der Waals surface area contributed by atoms with E-state index in [2.05, 4.69) is 15.4 Å². The monoisotopic (exact) mass is 250 g/mol. The maximum Gasteiger partial charge on any atom is 0.318 e. The second kappa shape index (κ2) is 5.28. The van der Waals surface area contributed by atoms with E-state index >= 15 is 0 Å². The predicted molar refractivity (Wildman–Crippen MR) is 62.2 cm³/mol. The fourth-order valence-corrected chi connectivity index (χ4v) is 1.32. The van der Waals surface area contributed by atoms with Crippen molar-refractivity contribution in [3.63, 3.8) is 0 Å². The van der Waals surface area contributed by atoms with Crippen LogP contribution in [0.25, 0.3) is 0 Å². The van der Waals surface area contributed by atoms with E-state index in [9.17, 15) is 9.50 Å². The van der Waals surface area contributed by atoms with Crippen LogP contribution in [-0.2, 0) is 6.61 Å². The van der Waals surface area contributed by atoms with Gasteiger partial charge in [-0.3, -0.25) is 0 Å². The summed E-state index contributed by atoms with van der Waals surface area (Å²) < 4.78 is 18.3. The summed E-state index contributed by atoms with van der Waals surface area (Å²) in [5.41, 5.74) is 2.84. The van der Waals surface area contributed by atoms with Gasteiger partial charge in [0.05, 0.1) is 6.20 Å². The first kappa shape index (κ1) is 12.1. The maximum absolute atomic E-state index is 13.0. The Labute approximate surface area is 102 Å². The molecule has 0 fully saturated rings. The van der Waals surface area contributed by atoms with E-state index in [-0.39, 0.29) is 24.2 Å². The Morgan fingerprint density at radius 3 is 3.00 bits per heavy atom. The molecular weight excluding hydrogens is 239 g/mol. The zero-order chi connectivity index (χ0) is 13.0. The number of nitrogens with one attached hydrogen (secondary N) is 1. The first-order valence-electron chi connectivity index (χ1n) is 5.09. The molecule has 7 heteroatoms. The van der Waals surface area contributed by atoms with Crippen LogP contribution < -0.4 is 16.0 Å². The second-order valence-corrected chi connectivity index (χ2v) is 3.45. The van der Waals surface area contributed by atoms with Crippen molar-refractivity contribution in [2.75, 3.05) is 5.43 Å². The highest BCUT2D eigenvalue weighted by molar-refractivity contribution is 5.34. The highest BCUT2D eigenvalue weighted by Crippen LogP contribution is 2.15. The lowest BCUT2D eigenvalue weighted by molar-refractivity contribution is 0.279. The molecule has 0 atom stereocenters. The van der Waals surface area contributed by atoms with Gasteiger partial charge >= 0.3 is 6.01 Å². The molecule has 0 bridgehead atoms. The van der Waals surface area contributed by atoms with E-state index in [4.69, 9.17) is 10.6 Å². The molecule has 4 N–H and O–H groups in total. The molecule has 0 unspecified atom stereocenters. The number of rotatable bonds is 4. The Hall–Kier alpha value is -2.41. The number of nitrogen functional groups attached to an aromatic ring is 1. The fourth-order valence-electron chi connectivity index (χ4n) is 1.32. The van der Waals surface area contributed by atoms with Gasteiger partial charge in [0, 0.05) is 0 Å². The number of benzene rings is 1. The summed E-state index contributed by atoms with van der Waals surface area (Å²) in [5.74, 6) is 4.41. The van der Waals surface area contributed by atoms with Gasteiger partial charge in [-0.1, -0.05) is 12.1 Å². The van der Waals surface area contributed by atoms with Crippen LogP contribution in [0.4, 0.5) is 10.2 Å². The average Bonchev–Trinajstić information content (AvgIpc) is 2.38. The number of aromatic hydroxyl groups is 1. The third kappa shape index (κ3) is 2.83. The minimum Gasteiger partial charge on any atom is -0.508 e. The van der Waals surface area contributed by atoms with Crippen LogP contribution in [-0.4, -0.2) is 15.1 Å². The topological polar surface area (TPSA) is 93.3 Å². The summed E-state index contributed by atoms with van der Waals surface area (Å²) in [6.07, 6.45) is 0.958. The van der Waals surface area contributed by atoms with E-state index in [1.54, 1.807) is 24.3 Å². The second-order valence-electron chi connectivity index (χ2n) is 3.45. The van der Waals surface area contributed by atoms with Crippen molar-refractivity contribution >= 4 is 5.82 Å². The number of hydrogen-bond donors (Lipinski definition) is 3. The molecule has 0 aliphatic rings. The van der Waals surface area contributed by atoms with Crippen molar-refractivity contribution < 1.29 is 14.2 Å². The molecule has 0 radical (unpaired) electrons. The number of phenols is 1. The number of halogens is 1. The van der Waals surface area contributed by atoms with Crippen LogP contribution in [0, 0.1) is 5.82 Å². The highest BCUT2D eigenvalue weighted by Gasteiger charge is 2.06. The molecular formula is C11H11FN4O2. The minimum absolute atomic E-state index is 0.00677. The number of anilines is 1. The summed E-state index contributed by atoms with van der Waals surface area (Å²) in [7, 11) is 0. The van der Waals surface area contributed by atoms with Gasteiger partial charge in [0.1, 0.15) is 12.4 Å². The number of nitrogens with two attached hydrogens (primary N) is 1. The van der Waals surface area contributed by atoms with Crippen LogP contribution in [0.1, 0.15) is 5.56 Å². The van der Waals surface area contributed by atoms with Gasteiger partial charge in [0.2, 0.25) is 0 Å². The maximum atomic E-state index is 13.0. The SMILES string of the molecule is NNc1nc(OCc2cccc(O)c2)ncc1F. The van der Waals surface area contributed by atoms with Gasteiger partial charge in [-0.15, -0.1) is 0 Å². The smallest absolute Gasteiger partial charge is 0.318 e. The Morgan fingerprint density at radius 2 is 2.28 bits per heavy atom. The van der Waals surface area contributed by atoms with Crippen molar-refractivity contribution in [3.05, 3.63) is 41.8 Å². The Balaban J connectivity index is 2.06. The van der Waals surface area contributed by atoms with Crippen molar-refractivity contribution in [1.82, 2.24) is 9.97 Å². The lowest BCUT2D eigenvalue weighted by atomic mass is 10.2. The molecule has 6 nitrogen and oxygen atoms in total. The van der Waals surface area contributed by atoms with E-state index in [1.165, 1.54) is 0 Å². The van der Waals surface area contributed by atoms with Crippen LogP contribution in [0.15, 0.2) is 30.5 Å². The predicted octanol–water partition coefficient (Wildman–Crippen LogP) is 1.19. The average molecular weight is 250 g/mol. The van der Waals surface area contributed by atoms with E-state index in [0.29, 0.717) is 0 Å². The summed E-state index contributed by atoms with van der Waals surface area (Å²) in [6, 6.07) is 6.55. The molecule has 0 amide bonds. The summed E-state index contributed by atoms with van der Waals surface area (Å²) in [6.45, 7) is 0.157. The largest absolute Gasteiger partial charge is 0.508 e. The van der Waals surface area contributed by atoms with Crippen LogP contribution >= 0.6 is 0 Å². The number of ether oxygens (including phenoxy) is 1. The molecule has 0 saturated carbocycles. The van der Waals surface area contributed by atoms with Gasteiger partial charge in [0.25, 0.3) is 0 Å². The molecule has 1 aromatic heterocycles.